The maximum absolute atomic E-state index is 6.06. The third kappa shape index (κ3) is 1.96. The summed E-state index contributed by atoms with van der Waals surface area (Å²) in [6.45, 7) is 0. The van der Waals surface area contributed by atoms with E-state index in [4.69, 9.17) is 69.6 Å². The van der Waals surface area contributed by atoms with Crippen molar-refractivity contribution >= 4 is 80.4 Å². The fraction of sp³-hybridized carbons (Fsp3) is 0. The Morgan fingerprint density at radius 2 is 0.938 bits per heavy atom. The molecule has 0 radical (unpaired) electrons. The number of hydrogen-bond acceptors (Lipinski definition) is 0. The normalized spacial score (nSPS) is 11.1. The number of rotatable bonds is 0. The lowest BCUT2D eigenvalue weighted by atomic mass is 10.1. The lowest BCUT2D eigenvalue weighted by molar-refractivity contribution is 1.73. The highest BCUT2D eigenvalue weighted by molar-refractivity contribution is 6.55. The minimum Gasteiger partial charge on any atom is -0.0826 e. The molecule has 0 unspecified atom stereocenters. The third-order valence-corrected chi connectivity index (χ3v) is 4.62. The van der Waals surface area contributed by atoms with Crippen LogP contribution in [-0.2, 0) is 0 Å². The second-order valence-electron chi connectivity index (χ2n) is 3.07. The number of fused-ring (bicyclic) bond motifs is 1. The van der Waals surface area contributed by atoms with Crippen LogP contribution in [0.15, 0.2) is 12.1 Å². The van der Waals surface area contributed by atoms with E-state index in [0.29, 0.717) is 20.8 Å². The molecule has 16 heavy (non-hydrogen) atoms. The van der Waals surface area contributed by atoms with Crippen LogP contribution in [0.3, 0.4) is 0 Å². The van der Waals surface area contributed by atoms with Gasteiger partial charge in [0, 0.05) is 5.39 Å². The van der Waals surface area contributed by atoms with E-state index in [9.17, 15) is 0 Å². The largest absolute Gasteiger partial charge is 0.0826 e. The van der Waals surface area contributed by atoms with Gasteiger partial charge in [0.05, 0.1) is 30.1 Å². The van der Waals surface area contributed by atoms with Gasteiger partial charge in [-0.15, -0.1) is 0 Å². The topological polar surface area (TPSA) is 0 Å². The maximum atomic E-state index is 6.06. The van der Waals surface area contributed by atoms with Gasteiger partial charge in [0.15, 0.2) is 0 Å². The molecule has 0 atom stereocenters. The zero-order valence-electron chi connectivity index (χ0n) is 7.42. The van der Waals surface area contributed by atoms with E-state index >= 15 is 0 Å². The fourth-order valence-corrected chi connectivity index (χ4v) is 2.84. The van der Waals surface area contributed by atoms with Gasteiger partial charge in [-0.3, -0.25) is 0 Å². The van der Waals surface area contributed by atoms with Crippen molar-refractivity contribution in [2.45, 2.75) is 0 Å². The van der Waals surface area contributed by atoms with Gasteiger partial charge in [0.25, 0.3) is 0 Å². The van der Waals surface area contributed by atoms with Crippen molar-refractivity contribution in [2.75, 3.05) is 0 Å². The highest BCUT2D eigenvalue weighted by atomic mass is 35.5. The van der Waals surface area contributed by atoms with Gasteiger partial charge < -0.3 is 0 Å². The molecule has 0 nitrogen and oxygen atoms in total. The molecule has 0 aliphatic rings. The fourth-order valence-electron chi connectivity index (χ4n) is 1.36. The molecule has 2 rings (SSSR count). The van der Waals surface area contributed by atoms with Crippen LogP contribution in [0.4, 0.5) is 0 Å². The lowest BCUT2D eigenvalue weighted by Crippen LogP contribution is -1.82. The van der Waals surface area contributed by atoms with Crippen LogP contribution in [-0.4, -0.2) is 0 Å². The number of benzene rings is 2. The van der Waals surface area contributed by atoms with Gasteiger partial charge >= 0.3 is 0 Å². The molecule has 84 valence electrons. The zero-order chi connectivity index (χ0) is 12.0. The Morgan fingerprint density at radius 1 is 0.562 bits per heavy atom. The van der Waals surface area contributed by atoms with Crippen molar-refractivity contribution in [1.82, 2.24) is 0 Å². The van der Waals surface area contributed by atoms with Crippen LogP contribution in [0.2, 0.25) is 30.1 Å². The van der Waals surface area contributed by atoms with Crippen LogP contribution < -0.4 is 0 Å². The predicted molar refractivity (Wildman–Crippen MR) is 74.0 cm³/mol. The van der Waals surface area contributed by atoms with Crippen molar-refractivity contribution in [3.05, 3.63) is 42.3 Å². The highest BCUT2D eigenvalue weighted by Crippen LogP contribution is 2.44. The first-order valence-corrected chi connectivity index (χ1v) is 6.31. The molecular weight excluding hydrogens is 333 g/mol. The first-order valence-electron chi connectivity index (χ1n) is 4.04. The summed E-state index contributed by atoms with van der Waals surface area (Å²) in [5.74, 6) is 0. The number of halogens is 6. The van der Waals surface area contributed by atoms with E-state index in [2.05, 4.69) is 0 Å². The summed E-state index contributed by atoms with van der Waals surface area (Å²) in [4.78, 5) is 0. The van der Waals surface area contributed by atoms with Crippen LogP contribution in [0.5, 0.6) is 0 Å². The molecule has 0 aliphatic carbocycles. The maximum Gasteiger partial charge on any atom is 0.0785 e. The molecule has 0 spiro atoms. The first-order chi connectivity index (χ1) is 7.43. The summed E-state index contributed by atoms with van der Waals surface area (Å²) < 4.78 is 0. The van der Waals surface area contributed by atoms with Gasteiger partial charge in [0.2, 0.25) is 0 Å². The van der Waals surface area contributed by atoms with E-state index in [-0.39, 0.29) is 20.1 Å². The van der Waals surface area contributed by atoms with E-state index in [1.54, 1.807) is 12.1 Å². The summed E-state index contributed by atoms with van der Waals surface area (Å²) in [5.41, 5.74) is 0. The van der Waals surface area contributed by atoms with Crippen molar-refractivity contribution in [1.29, 1.82) is 0 Å². The Labute approximate surface area is 122 Å². The summed E-state index contributed by atoms with van der Waals surface area (Å²) >= 11 is 35.8. The number of hydrogen-bond donors (Lipinski definition) is 0. The molecule has 0 N–H and O–H groups in total. The van der Waals surface area contributed by atoms with E-state index in [1.165, 1.54) is 0 Å². The third-order valence-electron chi connectivity index (χ3n) is 2.10. The lowest BCUT2D eigenvalue weighted by Gasteiger charge is -2.09. The summed E-state index contributed by atoms with van der Waals surface area (Å²) in [7, 11) is 0. The van der Waals surface area contributed by atoms with Gasteiger partial charge in [0.1, 0.15) is 0 Å². The summed E-state index contributed by atoms with van der Waals surface area (Å²) in [6, 6.07) is 3.28. The van der Waals surface area contributed by atoms with Crippen molar-refractivity contribution < 1.29 is 0 Å². The smallest absolute Gasteiger partial charge is 0.0785 e. The van der Waals surface area contributed by atoms with Gasteiger partial charge in [-0.1, -0.05) is 69.6 Å². The molecular formula is C10H2Cl6. The average molecular weight is 335 g/mol. The predicted octanol–water partition coefficient (Wildman–Crippen LogP) is 6.76. The molecule has 0 saturated heterocycles. The molecule has 0 saturated carbocycles. The van der Waals surface area contributed by atoms with Gasteiger partial charge in [-0.25, -0.2) is 0 Å². The van der Waals surface area contributed by atoms with Crippen LogP contribution in [0.25, 0.3) is 10.8 Å². The molecule has 0 heterocycles. The monoisotopic (exact) mass is 332 g/mol. The molecule has 6 heteroatoms. The summed E-state index contributed by atoms with van der Waals surface area (Å²) in [5, 5.41) is 2.96. The molecule has 0 fully saturated rings. The quantitative estimate of drug-likeness (QED) is 0.467. The Balaban J connectivity index is 3.03. The molecule has 0 amide bonds. The Kier molecular flexibility index (Phi) is 3.71. The van der Waals surface area contributed by atoms with Crippen molar-refractivity contribution in [3.8, 4) is 0 Å². The average Bonchev–Trinajstić information content (AvgIpc) is 2.23. The Hall–Kier alpha value is 0.440. The Bertz CT molecular complexity index is 541. The molecule has 0 aliphatic heterocycles. The summed E-state index contributed by atoms with van der Waals surface area (Å²) in [6.07, 6.45) is 0. The van der Waals surface area contributed by atoms with E-state index < -0.39 is 0 Å². The van der Waals surface area contributed by atoms with Crippen LogP contribution >= 0.6 is 69.6 Å². The minimum atomic E-state index is 0.246. The van der Waals surface area contributed by atoms with Crippen LogP contribution in [0, 0.1) is 0 Å². The minimum absolute atomic E-state index is 0.246. The standard InChI is InChI=1S/C10H2Cl6/c11-4-1-3-2-5(12)8(14)10(16)6(3)9(15)7(4)13/h1-2H. The van der Waals surface area contributed by atoms with E-state index in [1.807, 2.05) is 0 Å². The Morgan fingerprint density at radius 3 is 1.31 bits per heavy atom. The zero-order valence-corrected chi connectivity index (χ0v) is 12.0. The van der Waals surface area contributed by atoms with Gasteiger partial charge in [-0.2, -0.15) is 0 Å². The second-order valence-corrected chi connectivity index (χ2v) is 5.40. The van der Waals surface area contributed by atoms with Crippen LogP contribution in [0.1, 0.15) is 0 Å². The SMILES string of the molecule is Clc1cc2cc(Cl)c(Cl)c(Cl)c2c(Cl)c1Cl. The van der Waals surface area contributed by atoms with Crippen molar-refractivity contribution in [3.63, 3.8) is 0 Å². The van der Waals surface area contributed by atoms with E-state index in [0.717, 1.165) is 0 Å². The molecule has 2 aromatic carbocycles. The molecule has 2 aromatic rings. The molecule has 0 aromatic heterocycles. The highest BCUT2D eigenvalue weighted by Gasteiger charge is 2.15. The van der Waals surface area contributed by atoms with Gasteiger partial charge in [-0.05, 0) is 17.5 Å². The second kappa shape index (κ2) is 4.61. The molecule has 0 bridgehead atoms. The van der Waals surface area contributed by atoms with Crippen molar-refractivity contribution in [2.24, 2.45) is 0 Å². The first kappa shape index (κ1) is 12.9.